The van der Waals surface area contributed by atoms with Gasteiger partial charge in [-0.25, -0.2) is 4.98 Å². The highest BCUT2D eigenvalue weighted by atomic mass is 32.2. The monoisotopic (exact) mass is 243 g/mol. The van der Waals surface area contributed by atoms with Gasteiger partial charge in [0.2, 0.25) is 5.95 Å². The van der Waals surface area contributed by atoms with Crippen LogP contribution in [0.2, 0.25) is 0 Å². The summed E-state index contributed by atoms with van der Waals surface area (Å²) in [6.07, 6.45) is 7.10. The summed E-state index contributed by atoms with van der Waals surface area (Å²) in [6.45, 7) is 3.80. The number of thioether (sulfide) groups is 1. The van der Waals surface area contributed by atoms with Crippen LogP contribution in [0.15, 0.2) is 12.4 Å². The third-order valence-electron chi connectivity index (χ3n) is 2.36. The highest BCUT2D eigenvalue weighted by Gasteiger charge is 2.08. The average Bonchev–Trinajstić information content (AvgIpc) is 2.73. The third kappa shape index (κ3) is 4.06. The second-order valence-corrected chi connectivity index (χ2v) is 4.72. The highest BCUT2D eigenvalue weighted by Crippen LogP contribution is 2.13. The molecule has 0 saturated heterocycles. The third-order valence-corrected chi connectivity index (χ3v) is 3.06. The Kier molecular flexibility index (Phi) is 6.33. The number of aromatic nitrogens is 2. The molecule has 0 radical (unpaired) electrons. The quantitative estimate of drug-likeness (QED) is 0.711. The number of imidazole rings is 1. The first-order valence-electron chi connectivity index (χ1n) is 5.54. The van der Waals surface area contributed by atoms with Gasteiger partial charge in [0.05, 0.1) is 12.6 Å². The van der Waals surface area contributed by atoms with Gasteiger partial charge in [0, 0.05) is 26.0 Å². The average molecular weight is 243 g/mol. The van der Waals surface area contributed by atoms with E-state index in [2.05, 4.69) is 28.0 Å². The maximum Gasteiger partial charge on any atom is 0.203 e. The largest absolute Gasteiger partial charge is 0.383 e. The van der Waals surface area contributed by atoms with E-state index in [1.165, 1.54) is 5.75 Å². The highest BCUT2D eigenvalue weighted by molar-refractivity contribution is 7.98. The molecule has 1 heterocycles. The van der Waals surface area contributed by atoms with E-state index in [4.69, 9.17) is 4.74 Å². The van der Waals surface area contributed by atoms with Gasteiger partial charge in [-0.2, -0.15) is 11.8 Å². The first-order valence-corrected chi connectivity index (χ1v) is 6.93. The molecule has 0 amide bonds. The summed E-state index contributed by atoms with van der Waals surface area (Å²) in [5.41, 5.74) is 0. The van der Waals surface area contributed by atoms with Gasteiger partial charge in [0.1, 0.15) is 0 Å². The van der Waals surface area contributed by atoms with Crippen LogP contribution in [-0.4, -0.2) is 41.8 Å². The molecule has 5 heteroatoms. The fourth-order valence-electron chi connectivity index (χ4n) is 1.54. The lowest BCUT2D eigenvalue weighted by Gasteiger charge is -2.16. The van der Waals surface area contributed by atoms with Crippen molar-refractivity contribution in [3.05, 3.63) is 12.4 Å². The van der Waals surface area contributed by atoms with Gasteiger partial charge in [0.15, 0.2) is 0 Å². The van der Waals surface area contributed by atoms with Crippen molar-refractivity contribution in [2.45, 2.75) is 19.4 Å². The number of hydrogen-bond donors (Lipinski definition) is 1. The molecule has 1 aromatic rings. The number of rotatable bonds is 8. The molecule has 0 aliphatic carbocycles. The number of nitrogens with one attached hydrogen (secondary N) is 1. The minimum Gasteiger partial charge on any atom is -0.383 e. The molecule has 0 saturated carbocycles. The van der Waals surface area contributed by atoms with Crippen LogP contribution < -0.4 is 5.32 Å². The van der Waals surface area contributed by atoms with Crippen molar-refractivity contribution in [2.75, 3.05) is 37.6 Å². The van der Waals surface area contributed by atoms with E-state index in [0.717, 1.165) is 18.9 Å². The van der Waals surface area contributed by atoms with Gasteiger partial charge in [-0.3, -0.25) is 0 Å². The van der Waals surface area contributed by atoms with Crippen molar-refractivity contribution in [1.82, 2.24) is 9.55 Å². The molecular weight excluding hydrogens is 222 g/mol. The molecule has 0 aromatic carbocycles. The molecule has 0 aliphatic heterocycles. The topological polar surface area (TPSA) is 39.1 Å². The summed E-state index contributed by atoms with van der Waals surface area (Å²) in [6, 6.07) is 0.315. The fourth-order valence-corrected chi connectivity index (χ4v) is 1.98. The minimum atomic E-state index is 0.315. The van der Waals surface area contributed by atoms with Crippen LogP contribution in [0.3, 0.4) is 0 Å². The van der Waals surface area contributed by atoms with Crippen LogP contribution in [0.4, 0.5) is 5.95 Å². The van der Waals surface area contributed by atoms with Gasteiger partial charge in [-0.15, -0.1) is 0 Å². The van der Waals surface area contributed by atoms with E-state index in [1.54, 1.807) is 7.11 Å². The lowest BCUT2D eigenvalue weighted by molar-refractivity contribution is 0.163. The summed E-state index contributed by atoms with van der Waals surface area (Å²) in [4.78, 5) is 4.31. The van der Waals surface area contributed by atoms with E-state index >= 15 is 0 Å². The Labute approximate surface area is 102 Å². The first-order chi connectivity index (χ1) is 7.79. The number of hydrogen-bond acceptors (Lipinski definition) is 4. The van der Waals surface area contributed by atoms with Crippen LogP contribution in [0, 0.1) is 0 Å². The number of nitrogens with zero attached hydrogens (tertiary/aromatic N) is 2. The summed E-state index contributed by atoms with van der Waals surface area (Å²) >= 11 is 1.87. The smallest absolute Gasteiger partial charge is 0.203 e. The van der Waals surface area contributed by atoms with Crippen molar-refractivity contribution in [1.29, 1.82) is 0 Å². The van der Waals surface area contributed by atoms with E-state index in [0.29, 0.717) is 12.6 Å². The predicted octanol–water partition coefficient (Wildman–Crippen LogP) is 2.26. The maximum atomic E-state index is 5.15. The minimum absolute atomic E-state index is 0.315. The van der Waals surface area contributed by atoms with Crippen LogP contribution in [-0.2, 0) is 4.74 Å². The molecule has 0 aliphatic rings. The molecule has 0 spiro atoms. The molecule has 16 heavy (non-hydrogen) atoms. The van der Waals surface area contributed by atoms with Gasteiger partial charge >= 0.3 is 0 Å². The summed E-state index contributed by atoms with van der Waals surface area (Å²) in [5, 5.41) is 3.35. The molecule has 1 rings (SSSR count). The van der Waals surface area contributed by atoms with Crippen LogP contribution in [0.5, 0.6) is 0 Å². The normalized spacial score (nSPS) is 12.7. The lowest BCUT2D eigenvalue weighted by atomic mass is 10.3. The van der Waals surface area contributed by atoms with Gasteiger partial charge < -0.3 is 14.6 Å². The van der Waals surface area contributed by atoms with Crippen molar-refractivity contribution in [3.8, 4) is 0 Å². The molecule has 1 atom stereocenters. The van der Waals surface area contributed by atoms with Crippen LogP contribution >= 0.6 is 11.8 Å². The Morgan fingerprint density at radius 1 is 1.62 bits per heavy atom. The maximum absolute atomic E-state index is 5.15. The molecule has 1 aromatic heterocycles. The second-order valence-electron chi connectivity index (χ2n) is 3.74. The first kappa shape index (κ1) is 13.4. The van der Waals surface area contributed by atoms with Crippen LogP contribution in [0.1, 0.15) is 19.4 Å². The Morgan fingerprint density at radius 3 is 3.12 bits per heavy atom. The number of methoxy groups -OCH3 is 1. The Balaban J connectivity index is 2.43. The van der Waals surface area contributed by atoms with Crippen molar-refractivity contribution in [3.63, 3.8) is 0 Å². The molecule has 1 unspecified atom stereocenters. The SMILES string of the molecule is COCC(C)n1ccnc1NCCCSC. The van der Waals surface area contributed by atoms with Crippen molar-refractivity contribution >= 4 is 17.7 Å². The Morgan fingerprint density at radius 2 is 2.44 bits per heavy atom. The molecular formula is C11H21N3OS. The number of anilines is 1. The van der Waals surface area contributed by atoms with Crippen molar-refractivity contribution in [2.24, 2.45) is 0 Å². The predicted molar refractivity (Wildman–Crippen MR) is 70.3 cm³/mol. The van der Waals surface area contributed by atoms with E-state index in [-0.39, 0.29) is 0 Å². The van der Waals surface area contributed by atoms with Crippen molar-refractivity contribution < 1.29 is 4.74 Å². The summed E-state index contributed by atoms with van der Waals surface area (Å²) < 4.78 is 7.26. The van der Waals surface area contributed by atoms with Crippen LogP contribution in [0.25, 0.3) is 0 Å². The zero-order valence-electron chi connectivity index (χ0n) is 10.3. The Hall–Kier alpha value is -0.680. The number of ether oxygens (including phenoxy) is 1. The van der Waals surface area contributed by atoms with Gasteiger partial charge in [-0.05, 0) is 25.4 Å². The summed E-state index contributed by atoms with van der Waals surface area (Å²) in [5.74, 6) is 2.12. The van der Waals surface area contributed by atoms with Gasteiger partial charge in [-0.1, -0.05) is 0 Å². The summed E-state index contributed by atoms with van der Waals surface area (Å²) in [7, 11) is 1.72. The van der Waals surface area contributed by atoms with E-state index in [9.17, 15) is 0 Å². The molecule has 0 bridgehead atoms. The lowest BCUT2D eigenvalue weighted by Crippen LogP contribution is -2.15. The molecule has 1 N–H and O–H groups in total. The zero-order valence-corrected chi connectivity index (χ0v) is 11.1. The second kappa shape index (κ2) is 7.57. The zero-order chi connectivity index (χ0) is 11.8. The van der Waals surface area contributed by atoms with E-state index < -0.39 is 0 Å². The van der Waals surface area contributed by atoms with E-state index in [1.807, 2.05) is 24.2 Å². The molecule has 92 valence electrons. The molecule has 0 fully saturated rings. The standard InChI is InChI=1S/C11H21N3OS/c1-10(9-15-2)14-7-6-13-11(14)12-5-4-8-16-3/h6-7,10H,4-5,8-9H2,1-3H3,(H,12,13). The van der Waals surface area contributed by atoms with Gasteiger partial charge in [0.25, 0.3) is 0 Å². The Bertz CT molecular complexity index is 291. The molecule has 4 nitrogen and oxygen atoms in total. The fraction of sp³-hybridized carbons (Fsp3) is 0.727.